The lowest BCUT2D eigenvalue weighted by atomic mass is 10.2. The van der Waals surface area contributed by atoms with Crippen molar-refractivity contribution < 1.29 is 18.2 Å². The third kappa shape index (κ3) is 4.55. The zero-order valence-corrected chi connectivity index (χ0v) is 13.8. The molecule has 0 radical (unpaired) electrons. The van der Waals surface area contributed by atoms with Crippen molar-refractivity contribution in [1.29, 1.82) is 0 Å². The fourth-order valence-electron chi connectivity index (χ4n) is 2.26. The Labute approximate surface area is 144 Å². The molecular weight excluding hydrogens is 325 g/mol. The predicted molar refractivity (Wildman–Crippen MR) is 90.5 cm³/mol. The van der Waals surface area contributed by atoms with E-state index in [4.69, 9.17) is 4.42 Å². The molecule has 0 atom stereocenters. The number of furan rings is 1. The Morgan fingerprint density at radius 3 is 2.50 bits per heavy atom. The summed E-state index contributed by atoms with van der Waals surface area (Å²) in [5.74, 6) is 1.03. The first-order valence-electron chi connectivity index (χ1n) is 7.64. The van der Waals surface area contributed by atoms with Gasteiger partial charge < -0.3 is 4.42 Å². The Kier molecular flexibility index (Phi) is 5.43. The molecule has 0 N–H and O–H groups in total. The molecule has 3 rings (SSSR count). The minimum absolute atomic E-state index is 0.0513. The Morgan fingerprint density at radius 2 is 1.83 bits per heavy atom. The van der Waals surface area contributed by atoms with Crippen LogP contribution in [-0.2, 0) is 13.0 Å². The maximum atomic E-state index is 12.9. The van der Waals surface area contributed by atoms with E-state index in [-0.39, 0.29) is 18.1 Å². The highest BCUT2D eigenvalue weighted by Crippen LogP contribution is 2.19. The molecule has 1 aromatic carbocycles. The average molecular weight is 342 g/mol. The molecule has 0 unspecified atom stereocenters. The van der Waals surface area contributed by atoms with Crippen LogP contribution in [0.1, 0.15) is 16.1 Å². The van der Waals surface area contributed by atoms with E-state index in [2.05, 4.69) is 0 Å². The molecule has 3 nitrogen and oxygen atoms in total. The molecule has 0 saturated carbocycles. The maximum Gasteiger partial charge on any atom is 0.262 e. The Hall–Kier alpha value is -2.40. The molecule has 24 heavy (non-hydrogen) atoms. The first-order chi connectivity index (χ1) is 11.7. The van der Waals surface area contributed by atoms with Crippen LogP contribution in [0.2, 0.25) is 0 Å². The van der Waals surface area contributed by atoms with Gasteiger partial charge in [-0.25, -0.2) is 4.39 Å². The summed E-state index contributed by atoms with van der Waals surface area (Å²) < 4.78 is 19.8. The molecule has 122 valence electrons. The first kappa shape index (κ1) is 16.5. The van der Waals surface area contributed by atoms with Gasteiger partial charge in [0.1, 0.15) is 5.82 Å². The summed E-state index contributed by atoms with van der Waals surface area (Å²) in [7, 11) is 0. The fraction of sp³-hybridized carbons (Fsp3) is 0.158. The molecule has 0 spiro atoms. The Morgan fingerprint density at radius 1 is 1.08 bits per heavy atom. The van der Waals surface area contributed by atoms with Crippen LogP contribution in [0.25, 0.3) is 0 Å². The number of benzene rings is 1. The van der Waals surface area contributed by atoms with Gasteiger partial charge in [0.25, 0.3) is 5.78 Å². The van der Waals surface area contributed by atoms with Crippen molar-refractivity contribution in [3.63, 3.8) is 0 Å². The van der Waals surface area contributed by atoms with Gasteiger partial charge in [0.05, 0.1) is 6.26 Å². The fourth-order valence-corrected chi connectivity index (χ4v) is 3.16. The number of Topliss-reactive ketones (excluding diaryl/α,β-unsaturated/α-hetero) is 1. The number of halogens is 1. The SMILES string of the molecule is O=C(C[n+]1ccc(CCSc2ccc(F)cc2)cc1)c1ccco1. The summed E-state index contributed by atoms with van der Waals surface area (Å²) in [4.78, 5) is 13.0. The highest BCUT2D eigenvalue weighted by Gasteiger charge is 2.14. The van der Waals surface area contributed by atoms with Crippen molar-refractivity contribution in [3.05, 3.63) is 84.3 Å². The number of thioether (sulfide) groups is 1. The van der Waals surface area contributed by atoms with Gasteiger partial charge in [-0.05, 0) is 48.4 Å². The smallest absolute Gasteiger partial charge is 0.262 e. The van der Waals surface area contributed by atoms with E-state index in [1.54, 1.807) is 36.0 Å². The Bertz CT molecular complexity index is 783. The van der Waals surface area contributed by atoms with E-state index < -0.39 is 0 Å². The number of hydrogen-bond donors (Lipinski definition) is 0. The van der Waals surface area contributed by atoms with Crippen molar-refractivity contribution in [2.24, 2.45) is 0 Å². The van der Waals surface area contributed by atoms with Crippen LogP contribution < -0.4 is 4.57 Å². The molecule has 5 heteroatoms. The number of carbonyl (C=O) groups is 1. The summed E-state index contributed by atoms with van der Waals surface area (Å²) in [6.07, 6.45) is 6.21. The van der Waals surface area contributed by atoms with Crippen LogP contribution in [0.15, 0.2) is 76.5 Å². The van der Waals surface area contributed by atoms with Crippen LogP contribution in [0.3, 0.4) is 0 Å². The average Bonchev–Trinajstić information content (AvgIpc) is 3.13. The van der Waals surface area contributed by atoms with Crippen LogP contribution in [0, 0.1) is 5.82 Å². The van der Waals surface area contributed by atoms with E-state index in [1.807, 2.05) is 29.1 Å². The molecule has 0 aliphatic carbocycles. The lowest BCUT2D eigenvalue weighted by molar-refractivity contribution is -0.683. The lowest BCUT2D eigenvalue weighted by Gasteiger charge is -2.02. The van der Waals surface area contributed by atoms with Gasteiger partial charge in [-0.15, -0.1) is 11.8 Å². The van der Waals surface area contributed by atoms with Gasteiger partial charge >= 0.3 is 0 Å². The topological polar surface area (TPSA) is 34.1 Å². The van der Waals surface area contributed by atoms with Crippen molar-refractivity contribution in [1.82, 2.24) is 0 Å². The minimum atomic E-state index is -0.212. The second kappa shape index (κ2) is 7.93. The van der Waals surface area contributed by atoms with Gasteiger partial charge in [0.15, 0.2) is 18.2 Å². The lowest BCUT2D eigenvalue weighted by Crippen LogP contribution is -2.37. The Balaban J connectivity index is 1.49. The third-order valence-corrected chi connectivity index (χ3v) is 4.57. The van der Waals surface area contributed by atoms with Gasteiger partial charge in [-0.3, -0.25) is 4.79 Å². The zero-order chi connectivity index (χ0) is 16.8. The standard InChI is InChI=1S/C19H17FNO2S/c20-16-3-5-17(6-4-16)24-13-9-15-7-10-21(11-8-15)14-18(22)19-2-1-12-23-19/h1-8,10-12H,9,13-14H2/q+1. The number of hydrogen-bond acceptors (Lipinski definition) is 3. The quantitative estimate of drug-likeness (QED) is 0.371. The summed E-state index contributed by atoms with van der Waals surface area (Å²) in [5.41, 5.74) is 1.20. The van der Waals surface area contributed by atoms with Crippen LogP contribution in [-0.4, -0.2) is 11.5 Å². The monoisotopic (exact) mass is 342 g/mol. The van der Waals surface area contributed by atoms with E-state index in [9.17, 15) is 9.18 Å². The number of aryl methyl sites for hydroxylation is 1. The van der Waals surface area contributed by atoms with Crippen molar-refractivity contribution in [2.45, 2.75) is 17.9 Å². The normalized spacial score (nSPS) is 10.7. The second-order valence-corrected chi connectivity index (χ2v) is 6.50. The number of carbonyl (C=O) groups excluding carboxylic acids is 1. The number of ketones is 1. The molecule has 0 fully saturated rings. The largest absolute Gasteiger partial charge is 0.461 e. The molecule has 2 aromatic heterocycles. The summed E-state index contributed by atoms with van der Waals surface area (Å²) >= 11 is 1.70. The second-order valence-electron chi connectivity index (χ2n) is 5.33. The molecule has 0 saturated heterocycles. The third-order valence-electron chi connectivity index (χ3n) is 3.56. The number of aromatic nitrogens is 1. The molecule has 0 bridgehead atoms. The highest BCUT2D eigenvalue weighted by atomic mass is 32.2. The molecular formula is C19H17FNO2S+. The van der Waals surface area contributed by atoms with Gasteiger partial charge in [-0.2, -0.15) is 4.57 Å². The summed E-state index contributed by atoms with van der Waals surface area (Å²) in [6.45, 7) is 0.262. The number of nitrogens with zero attached hydrogens (tertiary/aromatic N) is 1. The van der Waals surface area contributed by atoms with Gasteiger partial charge in [0.2, 0.25) is 6.54 Å². The zero-order valence-electron chi connectivity index (χ0n) is 13.0. The van der Waals surface area contributed by atoms with E-state index in [1.165, 1.54) is 24.0 Å². The van der Waals surface area contributed by atoms with Crippen LogP contribution in [0.4, 0.5) is 4.39 Å². The molecule has 0 aliphatic heterocycles. The molecule has 3 aromatic rings. The van der Waals surface area contributed by atoms with E-state index in [0.29, 0.717) is 5.76 Å². The van der Waals surface area contributed by atoms with Gasteiger partial charge in [-0.1, -0.05) is 0 Å². The predicted octanol–water partition coefficient (Wildman–Crippen LogP) is 3.92. The van der Waals surface area contributed by atoms with E-state index in [0.717, 1.165) is 17.1 Å². The van der Waals surface area contributed by atoms with Crippen molar-refractivity contribution >= 4 is 17.5 Å². The highest BCUT2D eigenvalue weighted by molar-refractivity contribution is 7.99. The van der Waals surface area contributed by atoms with Crippen molar-refractivity contribution in [2.75, 3.05) is 5.75 Å². The summed E-state index contributed by atoms with van der Waals surface area (Å²) in [5, 5.41) is 0. The molecule has 2 heterocycles. The van der Waals surface area contributed by atoms with Crippen LogP contribution >= 0.6 is 11.8 Å². The minimum Gasteiger partial charge on any atom is -0.461 e. The molecule has 0 amide bonds. The van der Waals surface area contributed by atoms with Gasteiger partial charge in [0, 0.05) is 22.8 Å². The molecule has 0 aliphatic rings. The van der Waals surface area contributed by atoms with Crippen molar-refractivity contribution in [3.8, 4) is 0 Å². The number of rotatable bonds is 7. The maximum absolute atomic E-state index is 12.9. The summed E-state index contributed by atoms with van der Waals surface area (Å²) in [6, 6.07) is 13.9. The number of pyridine rings is 1. The first-order valence-corrected chi connectivity index (χ1v) is 8.62. The van der Waals surface area contributed by atoms with E-state index >= 15 is 0 Å². The van der Waals surface area contributed by atoms with Crippen LogP contribution in [0.5, 0.6) is 0 Å².